The van der Waals surface area contributed by atoms with E-state index in [2.05, 4.69) is 5.32 Å². The van der Waals surface area contributed by atoms with Crippen molar-refractivity contribution < 1.29 is 9.21 Å². The lowest BCUT2D eigenvalue weighted by Gasteiger charge is -2.26. The highest BCUT2D eigenvalue weighted by molar-refractivity contribution is 5.87. The Balaban J connectivity index is 1.85. The van der Waals surface area contributed by atoms with Crippen molar-refractivity contribution in [3.8, 4) is 0 Å². The number of rotatable bonds is 5. The van der Waals surface area contributed by atoms with E-state index in [1.807, 2.05) is 49.4 Å². The van der Waals surface area contributed by atoms with E-state index in [0.29, 0.717) is 5.76 Å². The van der Waals surface area contributed by atoms with E-state index in [4.69, 9.17) is 10.2 Å². The smallest absolute Gasteiger partial charge is 0.240 e. The van der Waals surface area contributed by atoms with Crippen molar-refractivity contribution in [1.29, 1.82) is 0 Å². The first-order valence-electron chi connectivity index (χ1n) is 7.27. The number of carbonyl (C=O) groups is 1. The molecule has 110 valence electrons. The Hall–Kier alpha value is -2.07. The molecule has 4 nitrogen and oxygen atoms in total. The average molecular weight is 284 g/mol. The maximum absolute atomic E-state index is 12.5. The molecule has 0 saturated heterocycles. The van der Waals surface area contributed by atoms with Crippen LogP contribution in [0.4, 0.5) is 0 Å². The third-order valence-electron chi connectivity index (χ3n) is 4.15. The minimum Gasteiger partial charge on any atom is -0.467 e. The highest BCUT2D eigenvalue weighted by Crippen LogP contribution is 2.38. The summed E-state index contributed by atoms with van der Waals surface area (Å²) >= 11 is 0. The van der Waals surface area contributed by atoms with Crippen molar-refractivity contribution in [1.82, 2.24) is 5.32 Å². The van der Waals surface area contributed by atoms with E-state index in [0.717, 1.165) is 18.4 Å². The zero-order valence-electron chi connectivity index (χ0n) is 12.1. The van der Waals surface area contributed by atoms with Crippen LogP contribution in [-0.2, 0) is 4.79 Å². The van der Waals surface area contributed by atoms with Crippen LogP contribution in [0.5, 0.6) is 0 Å². The van der Waals surface area contributed by atoms with Crippen molar-refractivity contribution in [2.24, 2.45) is 11.7 Å². The molecule has 21 heavy (non-hydrogen) atoms. The topological polar surface area (TPSA) is 68.3 Å². The average Bonchev–Trinajstić information content (AvgIpc) is 3.23. The van der Waals surface area contributed by atoms with Gasteiger partial charge in [-0.1, -0.05) is 30.3 Å². The minimum atomic E-state index is -0.820. The third-order valence-corrected chi connectivity index (χ3v) is 4.15. The molecule has 2 aromatic rings. The summed E-state index contributed by atoms with van der Waals surface area (Å²) in [5, 5.41) is 3.04. The molecule has 3 rings (SSSR count). The second-order valence-corrected chi connectivity index (χ2v) is 5.89. The summed E-state index contributed by atoms with van der Waals surface area (Å²) in [6.45, 7) is 1.81. The number of nitrogens with one attached hydrogen (secondary N) is 1. The van der Waals surface area contributed by atoms with Crippen LogP contribution in [0.2, 0.25) is 0 Å². The molecule has 1 aromatic carbocycles. The third kappa shape index (κ3) is 2.85. The highest BCUT2D eigenvalue weighted by atomic mass is 16.3. The fourth-order valence-corrected chi connectivity index (χ4v) is 2.57. The molecular weight excluding hydrogens is 264 g/mol. The van der Waals surface area contributed by atoms with Crippen LogP contribution in [0.15, 0.2) is 53.1 Å². The number of furan rings is 1. The molecule has 2 atom stereocenters. The van der Waals surface area contributed by atoms with Gasteiger partial charge in [0.15, 0.2) is 0 Å². The van der Waals surface area contributed by atoms with E-state index in [-0.39, 0.29) is 17.9 Å². The molecule has 1 amide bonds. The zero-order chi connectivity index (χ0) is 14.9. The fourth-order valence-electron chi connectivity index (χ4n) is 2.57. The molecular formula is C17H20N2O2. The Labute approximate surface area is 124 Å². The van der Waals surface area contributed by atoms with Crippen molar-refractivity contribution >= 4 is 5.91 Å². The van der Waals surface area contributed by atoms with Gasteiger partial charge < -0.3 is 15.5 Å². The minimum absolute atomic E-state index is 0.129. The Bertz CT molecular complexity index is 601. The number of hydrogen-bond donors (Lipinski definition) is 2. The van der Waals surface area contributed by atoms with E-state index in [1.54, 1.807) is 6.26 Å². The Morgan fingerprint density at radius 1 is 1.29 bits per heavy atom. The van der Waals surface area contributed by atoms with Gasteiger partial charge in [-0.05, 0) is 43.4 Å². The molecule has 0 spiro atoms. The summed E-state index contributed by atoms with van der Waals surface area (Å²) in [7, 11) is 0. The first-order chi connectivity index (χ1) is 10.1. The molecule has 2 unspecified atom stereocenters. The van der Waals surface area contributed by atoms with Gasteiger partial charge in [-0.3, -0.25) is 4.79 Å². The van der Waals surface area contributed by atoms with Gasteiger partial charge >= 0.3 is 0 Å². The van der Waals surface area contributed by atoms with Gasteiger partial charge in [0.2, 0.25) is 5.91 Å². The lowest BCUT2D eigenvalue weighted by Crippen LogP contribution is -2.54. The first-order valence-corrected chi connectivity index (χ1v) is 7.27. The van der Waals surface area contributed by atoms with Gasteiger partial charge in [0.05, 0.1) is 11.8 Å². The number of hydrogen-bond acceptors (Lipinski definition) is 3. The summed E-state index contributed by atoms with van der Waals surface area (Å²) in [6.07, 6.45) is 3.66. The largest absolute Gasteiger partial charge is 0.467 e. The molecule has 0 radical (unpaired) electrons. The monoisotopic (exact) mass is 284 g/mol. The van der Waals surface area contributed by atoms with Gasteiger partial charge in [-0.15, -0.1) is 0 Å². The lowest BCUT2D eigenvalue weighted by molar-refractivity contribution is -0.127. The zero-order valence-corrected chi connectivity index (χ0v) is 12.1. The number of benzene rings is 1. The van der Waals surface area contributed by atoms with E-state index in [9.17, 15) is 4.79 Å². The molecule has 1 heterocycles. The predicted molar refractivity (Wildman–Crippen MR) is 80.5 cm³/mol. The maximum atomic E-state index is 12.5. The quantitative estimate of drug-likeness (QED) is 0.886. The van der Waals surface area contributed by atoms with Crippen LogP contribution in [0, 0.1) is 5.92 Å². The van der Waals surface area contributed by atoms with Crippen LogP contribution < -0.4 is 11.1 Å². The molecule has 1 fully saturated rings. The predicted octanol–water partition coefficient (Wildman–Crippen LogP) is 2.61. The van der Waals surface area contributed by atoms with Gasteiger partial charge in [0.25, 0.3) is 0 Å². The van der Waals surface area contributed by atoms with Crippen molar-refractivity contribution in [2.75, 3.05) is 0 Å². The van der Waals surface area contributed by atoms with Crippen LogP contribution in [0.1, 0.15) is 37.1 Å². The van der Waals surface area contributed by atoms with Crippen LogP contribution >= 0.6 is 0 Å². The fraction of sp³-hybridized carbons (Fsp3) is 0.353. The molecule has 1 aromatic heterocycles. The summed E-state index contributed by atoms with van der Waals surface area (Å²) in [5.74, 6) is 0.863. The Morgan fingerprint density at radius 3 is 2.57 bits per heavy atom. The lowest BCUT2D eigenvalue weighted by atomic mass is 9.94. The van der Waals surface area contributed by atoms with Gasteiger partial charge in [0, 0.05) is 0 Å². The van der Waals surface area contributed by atoms with Crippen molar-refractivity contribution in [3.63, 3.8) is 0 Å². The summed E-state index contributed by atoms with van der Waals surface area (Å²) in [6, 6.07) is 13.1. The maximum Gasteiger partial charge on any atom is 0.240 e. The number of nitrogens with two attached hydrogens (primary N) is 1. The summed E-state index contributed by atoms with van der Waals surface area (Å²) in [4.78, 5) is 12.5. The molecule has 1 aliphatic carbocycles. The number of carbonyl (C=O) groups excluding carboxylic acids is 1. The van der Waals surface area contributed by atoms with E-state index < -0.39 is 5.54 Å². The SMILES string of the molecule is CC(N)(C(=O)NC(c1ccccc1)c1ccco1)C1CC1. The van der Waals surface area contributed by atoms with Crippen LogP contribution in [-0.4, -0.2) is 11.4 Å². The Kier molecular flexibility index (Phi) is 3.55. The van der Waals surface area contributed by atoms with Crippen LogP contribution in [0.3, 0.4) is 0 Å². The molecule has 1 saturated carbocycles. The van der Waals surface area contributed by atoms with Crippen LogP contribution in [0.25, 0.3) is 0 Å². The van der Waals surface area contributed by atoms with Crippen molar-refractivity contribution in [2.45, 2.75) is 31.3 Å². The Morgan fingerprint density at radius 2 is 2.00 bits per heavy atom. The van der Waals surface area contributed by atoms with E-state index in [1.165, 1.54) is 0 Å². The van der Waals surface area contributed by atoms with Crippen molar-refractivity contribution in [3.05, 3.63) is 60.1 Å². The van der Waals surface area contributed by atoms with E-state index >= 15 is 0 Å². The standard InChI is InChI=1S/C17H20N2O2/c1-17(18,13-9-10-13)16(20)19-15(14-8-5-11-21-14)12-6-3-2-4-7-12/h2-8,11,13,15H,9-10,18H2,1H3,(H,19,20). The normalized spacial score (nSPS) is 18.8. The molecule has 0 aliphatic heterocycles. The number of amides is 1. The summed E-state index contributed by atoms with van der Waals surface area (Å²) in [5.41, 5.74) is 6.36. The highest BCUT2D eigenvalue weighted by Gasteiger charge is 2.44. The second-order valence-electron chi connectivity index (χ2n) is 5.89. The van der Waals surface area contributed by atoms with Gasteiger partial charge in [-0.2, -0.15) is 0 Å². The summed E-state index contributed by atoms with van der Waals surface area (Å²) < 4.78 is 5.48. The molecule has 1 aliphatic rings. The van der Waals surface area contributed by atoms with Gasteiger partial charge in [0.1, 0.15) is 11.8 Å². The molecule has 3 N–H and O–H groups in total. The molecule has 0 bridgehead atoms. The second kappa shape index (κ2) is 5.37. The molecule has 4 heteroatoms. The first kappa shape index (κ1) is 13.9. The van der Waals surface area contributed by atoms with Gasteiger partial charge in [-0.25, -0.2) is 0 Å².